The van der Waals surface area contributed by atoms with Gasteiger partial charge < -0.3 is 19.0 Å². The molecular weight excluding hydrogens is 430 g/mol. The summed E-state index contributed by atoms with van der Waals surface area (Å²) in [6.45, 7) is 1.86. The highest BCUT2D eigenvalue weighted by molar-refractivity contribution is 7.17. The first kappa shape index (κ1) is 20.2. The average molecular weight is 449 g/mol. The third-order valence-electron chi connectivity index (χ3n) is 5.20. The summed E-state index contributed by atoms with van der Waals surface area (Å²) >= 11 is 1.40. The Morgan fingerprint density at radius 1 is 1.19 bits per heavy atom. The highest BCUT2D eigenvalue weighted by Crippen LogP contribution is 2.39. The Hall–Kier alpha value is -3.72. The number of amides is 1. The Bertz CT molecular complexity index is 1270. The second kappa shape index (κ2) is 8.43. The van der Waals surface area contributed by atoms with Gasteiger partial charge in [-0.3, -0.25) is 4.79 Å². The largest absolute Gasteiger partial charge is 0.459 e. The van der Waals surface area contributed by atoms with Gasteiger partial charge in [0.25, 0.3) is 11.8 Å². The number of fused-ring (bicyclic) bond motifs is 1. The number of rotatable bonds is 6. The van der Waals surface area contributed by atoms with Gasteiger partial charge in [0.2, 0.25) is 5.82 Å². The first-order valence-corrected chi connectivity index (χ1v) is 11.0. The number of hydrogen-bond donors (Lipinski definition) is 1. The van der Waals surface area contributed by atoms with Crippen LogP contribution in [0.1, 0.15) is 49.2 Å². The molecule has 1 amide bonds. The number of benzene rings is 1. The van der Waals surface area contributed by atoms with E-state index in [-0.39, 0.29) is 18.2 Å². The summed E-state index contributed by atoms with van der Waals surface area (Å²) in [7, 11) is 0. The van der Waals surface area contributed by atoms with Crippen LogP contribution in [-0.2, 0) is 24.2 Å². The van der Waals surface area contributed by atoms with Gasteiger partial charge in [0, 0.05) is 10.4 Å². The molecule has 3 heterocycles. The fraction of sp³-hybridized carbons (Fsp3) is 0.217. The monoisotopic (exact) mass is 449 g/mol. The van der Waals surface area contributed by atoms with Gasteiger partial charge in [0.15, 0.2) is 12.4 Å². The Balaban J connectivity index is 1.31. The molecule has 0 radical (unpaired) electrons. The molecule has 1 N–H and O–H groups in total. The van der Waals surface area contributed by atoms with Crippen molar-refractivity contribution in [1.82, 2.24) is 10.1 Å². The molecule has 3 aromatic heterocycles. The van der Waals surface area contributed by atoms with Crippen molar-refractivity contribution in [2.45, 2.75) is 32.8 Å². The van der Waals surface area contributed by atoms with Gasteiger partial charge in [-0.1, -0.05) is 22.9 Å². The molecule has 0 atom stereocenters. The van der Waals surface area contributed by atoms with Crippen molar-refractivity contribution < 1.29 is 23.3 Å². The standard InChI is InChI=1S/C23H19N3O5S/c1-13-7-9-14(10-8-13)21-24-18(26-31-21)12-30-23(28)19-15-4-2-6-17(15)32-22(19)25-20(27)16-5-3-11-29-16/h3,5,7-11H,2,4,6,12H2,1H3,(H,25,27). The van der Waals surface area contributed by atoms with Gasteiger partial charge in [0.05, 0.1) is 11.8 Å². The van der Waals surface area contributed by atoms with E-state index in [1.807, 2.05) is 31.2 Å². The topological polar surface area (TPSA) is 107 Å². The molecule has 0 fully saturated rings. The smallest absolute Gasteiger partial charge is 0.341 e. The fourth-order valence-corrected chi connectivity index (χ4v) is 4.88. The number of aryl methyl sites for hydroxylation is 2. The molecule has 0 spiro atoms. The highest BCUT2D eigenvalue weighted by atomic mass is 32.1. The van der Waals surface area contributed by atoms with Crippen molar-refractivity contribution in [3.05, 3.63) is 75.8 Å². The number of nitrogens with zero attached hydrogens (tertiary/aromatic N) is 2. The van der Waals surface area contributed by atoms with Gasteiger partial charge >= 0.3 is 5.97 Å². The number of aromatic nitrogens is 2. The molecule has 0 saturated carbocycles. The molecule has 4 aromatic rings. The van der Waals surface area contributed by atoms with E-state index in [0.29, 0.717) is 16.5 Å². The minimum absolute atomic E-state index is 0.135. The van der Waals surface area contributed by atoms with Crippen LogP contribution < -0.4 is 5.32 Å². The minimum atomic E-state index is -0.527. The van der Waals surface area contributed by atoms with Crippen LogP contribution >= 0.6 is 11.3 Å². The fourth-order valence-electron chi connectivity index (χ4n) is 3.61. The number of carbonyl (C=O) groups excluding carboxylic acids is 2. The Kier molecular flexibility index (Phi) is 5.32. The third kappa shape index (κ3) is 3.94. The van der Waals surface area contributed by atoms with Crippen LogP contribution in [0.25, 0.3) is 11.5 Å². The highest BCUT2D eigenvalue weighted by Gasteiger charge is 2.29. The molecule has 8 nitrogen and oxygen atoms in total. The first-order chi connectivity index (χ1) is 15.6. The molecule has 1 aliphatic rings. The molecule has 1 aliphatic carbocycles. The molecule has 32 heavy (non-hydrogen) atoms. The second-order valence-electron chi connectivity index (χ2n) is 7.45. The van der Waals surface area contributed by atoms with Gasteiger partial charge in [-0.2, -0.15) is 4.98 Å². The van der Waals surface area contributed by atoms with E-state index in [1.165, 1.54) is 17.6 Å². The number of ether oxygens (including phenoxy) is 1. The van der Waals surface area contributed by atoms with Crippen LogP contribution in [-0.4, -0.2) is 22.0 Å². The Morgan fingerprint density at radius 3 is 2.81 bits per heavy atom. The molecule has 0 aliphatic heterocycles. The second-order valence-corrected chi connectivity index (χ2v) is 8.56. The molecule has 0 unspecified atom stereocenters. The molecular formula is C23H19N3O5S. The number of carbonyl (C=O) groups is 2. The Labute approximate surface area is 187 Å². The maximum absolute atomic E-state index is 13.0. The van der Waals surface area contributed by atoms with E-state index in [9.17, 15) is 9.59 Å². The normalized spacial score (nSPS) is 12.5. The zero-order valence-electron chi connectivity index (χ0n) is 17.2. The third-order valence-corrected chi connectivity index (χ3v) is 6.40. The number of furan rings is 1. The Morgan fingerprint density at radius 2 is 2.03 bits per heavy atom. The molecule has 9 heteroatoms. The van der Waals surface area contributed by atoms with Crippen LogP contribution in [0.5, 0.6) is 0 Å². The molecule has 0 saturated heterocycles. The summed E-state index contributed by atoms with van der Waals surface area (Å²) in [5.74, 6) is -0.139. The van der Waals surface area contributed by atoms with Gasteiger partial charge in [-0.05, 0) is 56.0 Å². The minimum Gasteiger partial charge on any atom is -0.459 e. The summed E-state index contributed by atoms with van der Waals surface area (Å²) < 4.78 is 15.9. The van der Waals surface area contributed by atoms with E-state index < -0.39 is 11.9 Å². The number of esters is 1. The lowest BCUT2D eigenvalue weighted by Gasteiger charge is -2.07. The zero-order valence-corrected chi connectivity index (χ0v) is 18.0. The van der Waals surface area contributed by atoms with Crippen molar-refractivity contribution in [3.8, 4) is 11.5 Å². The summed E-state index contributed by atoms with van der Waals surface area (Å²) in [5, 5.41) is 7.16. The van der Waals surface area contributed by atoms with Gasteiger partial charge in [0.1, 0.15) is 5.00 Å². The first-order valence-electron chi connectivity index (χ1n) is 10.1. The van der Waals surface area contributed by atoms with Crippen molar-refractivity contribution in [2.24, 2.45) is 0 Å². The maximum Gasteiger partial charge on any atom is 0.341 e. The van der Waals surface area contributed by atoms with Gasteiger partial charge in [-0.25, -0.2) is 4.79 Å². The van der Waals surface area contributed by atoms with Crippen LogP contribution in [0.3, 0.4) is 0 Å². The van der Waals surface area contributed by atoms with Gasteiger partial charge in [-0.15, -0.1) is 11.3 Å². The number of hydrogen-bond acceptors (Lipinski definition) is 8. The summed E-state index contributed by atoms with van der Waals surface area (Å²) in [6.07, 6.45) is 4.04. The zero-order chi connectivity index (χ0) is 22.1. The summed E-state index contributed by atoms with van der Waals surface area (Å²) in [4.78, 5) is 30.8. The van der Waals surface area contributed by atoms with E-state index >= 15 is 0 Å². The lowest BCUT2D eigenvalue weighted by atomic mass is 10.1. The van der Waals surface area contributed by atoms with Crippen LogP contribution in [0.15, 0.2) is 51.6 Å². The predicted octanol–water partition coefficient (Wildman–Crippen LogP) is 4.80. The number of anilines is 1. The van der Waals surface area contributed by atoms with Crippen LogP contribution in [0.4, 0.5) is 5.00 Å². The van der Waals surface area contributed by atoms with Crippen molar-refractivity contribution in [3.63, 3.8) is 0 Å². The van der Waals surface area contributed by atoms with E-state index in [1.54, 1.807) is 12.1 Å². The van der Waals surface area contributed by atoms with Crippen molar-refractivity contribution >= 4 is 28.2 Å². The molecule has 0 bridgehead atoms. The van der Waals surface area contributed by atoms with E-state index in [0.717, 1.165) is 40.8 Å². The van der Waals surface area contributed by atoms with Crippen LogP contribution in [0.2, 0.25) is 0 Å². The summed E-state index contributed by atoms with van der Waals surface area (Å²) in [6, 6.07) is 10.9. The molecule has 5 rings (SSSR count). The van der Waals surface area contributed by atoms with Crippen LogP contribution in [0, 0.1) is 6.92 Å². The summed E-state index contributed by atoms with van der Waals surface area (Å²) in [5.41, 5.74) is 3.24. The van der Waals surface area contributed by atoms with Crippen molar-refractivity contribution in [2.75, 3.05) is 5.32 Å². The SMILES string of the molecule is Cc1ccc(-c2nc(COC(=O)c3c(NC(=O)c4ccco4)sc4c3CCC4)no2)cc1. The lowest BCUT2D eigenvalue weighted by molar-refractivity contribution is 0.0460. The average Bonchev–Trinajstić information content (AvgIpc) is 3.57. The molecule has 162 valence electrons. The maximum atomic E-state index is 13.0. The van der Waals surface area contributed by atoms with E-state index in [2.05, 4.69) is 15.5 Å². The predicted molar refractivity (Wildman–Crippen MR) is 117 cm³/mol. The lowest BCUT2D eigenvalue weighted by Crippen LogP contribution is -2.15. The van der Waals surface area contributed by atoms with Crippen molar-refractivity contribution in [1.29, 1.82) is 0 Å². The number of nitrogens with one attached hydrogen (secondary N) is 1. The number of thiophene rings is 1. The quantitative estimate of drug-likeness (QED) is 0.421. The molecule has 1 aromatic carbocycles. The van der Waals surface area contributed by atoms with E-state index in [4.69, 9.17) is 13.7 Å².